The third-order valence-electron chi connectivity index (χ3n) is 3.18. The van der Waals surface area contributed by atoms with Gasteiger partial charge in [0, 0.05) is 6.20 Å². The molecule has 0 atom stereocenters. The van der Waals surface area contributed by atoms with Crippen molar-refractivity contribution < 1.29 is 9.53 Å². The molecule has 1 heterocycles. The van der Waals surface area contributed by atoms with Gasteiger partial charge in [0.1, 0.15) is 0 Å². The predicted molar refractivity (Wildman–Crippen MR) is 62.9 cm³/mol. The second-order valence-electron chi connectivity index (χ2n) is 4.17. The SMILES string of the molecule is COC(=O)C1CCC(n2cc(Br)cn2)CC1. The van der Waals surface area contributed by atoms with Crippen molar-refractivity contribution in [1.82, 2.24) is 9.78 Å². The van der Waals surface area contributed by atoms with E-state index in [9.17, 15) is 4.79 Å². The molecule has 0 amide bonds. The van der Waals surface area contributed by atoms with Crippen LogP contribution in [0.5, 0.6) is 0 Å². The quantitative estimate of drug-likeness (QED) is 0.785. The number of esters is 1. The largest absolute Gasteiger partial charge is 0.469 e. The molecule has 0 N–H and O–H groups in total. The number of ether oxygens (including phenoxy) is 1. The van der Waals surface area contributed by atoms with E-state index in [0.29, 0.717) is 6.04 Å². The second kappa shape index (κ2) is 4.99. The van der Waals surface area contributed by atoms with Gasteiger partial charge in [0.2, 0.25) is 0 Å². The maximum atomic E-state index is 11.4. The number of hydrogen-bond donors (Lipinski definition) is 0. The summed E-state index contributed by atoms with van der Waals surface area (Å²) in [5, 5.41) is 4.28. The molecular formula is C11H15BrN2O2. The van der Waals surface area contributed by atoms with Gasteiger partial charge in [0.25, 0.3) is 0 Å². The van der Waals surface area contributed by atoms with Gasteiger partial charge in [-0.05, 0) is 41.6 Å². The molecule has 1 aromatic rings. The van der Waals surface area contributed by atoms with Gasteiger partial charge in [-0.25, -0.2) is 0 Å². The van der Waals surface area contributed by atoms with Gasteiger partial charge in [-0.15, -0.1) is 0 Å². The third-order valence-corrected chi connectivity index (χ3v) is 3.58. The van der Waals surface area contributed by atoms with E-state index in [4.69, 9.17) is 4.74 Å². The van der Waals surface area contributed by atoms with Crippen LogP contribution in [0.3, 0.4) is 0 Å². The van der Waals surface area contributed by atoms with Gasteiger partial charge in [0.15, 0.2) is 0 Å². The van der Waals surface area contributed by atoms with E-state index in [1.807, 2.05) is 10.9 Å². The minimum absolute atomic E-state index is 0.0694. The Morgan fingerprint density at radius 2 is 2.19 bits per heavy atom. The fraction of sp³-hybridized carbons (Fsp3) is 0.636. The number of halogens is 1. The Bertz CT molecular complexity index is 370. The van der Waals surface area contributed by atoms with Gasteiger partial charge in [-0.1, -0.05) is 0 Å². The third kappa shape index (κ3) is 2.45. The van der Waals surface area contributed by atoms with Crippen LogP contribution >= 0.6 is 15.9 Å². The number of methoxy groups -OCH3 is 1. The molecule has 0 unspecified atom stereocenters. The molecule has 0 saturated heterocycles. The van der Waals surface area contributed by atoms with Gasteiger partial charge in [0.05, 0.1) is 29.7 Å². The fourth-order valence-corrected chi connectivity index (χ4v) is 2.56. The number of rotatable bonds is 2. The molecule has 0 radical (unpaired) electrons. The summed E-state index contributed by atoms with van der Waals surface area (Å²) in [6.07, 6.45) is 7.57. The lowest BCUT2D eigenvalue weighted by Gasteiger charge is -2.26. The lowest BCUT2D eigenvalue weighted by molar-refractivity contribution is -0.146. The molecule has 0 aliphatic heterocycles. The van der Waals surface area contributed by atoms with Crippen LogP contribution in [-0.2, 0) is 9.53 Å². The van der Waals surface area contributed by atoms with Gasteiger partial charge in [-0.3, -0.25) is 9.48 Å². The van der Waals surface area contributed by atoms with Crippen molar-refractivity contribution in [3.8, 4) is 0 Å². The van der Waals surface area contributed by atoms with Crippen molar-refractivity contribution in [2.45, 2.75) is 31.7 Å². The highest BCUT2D eigenvalue weighted by Gasteiger charge is 2.27. The summed E-state index contributed by atoms with van der Waals surface area (Å²) in [6, 6.07) is 0.423. The lowest BCUT2D eigenvalue weighted by atomic mass is 9.86. The van der Waals surface area contributed by atoms with Crippen LogP contribution in [0, 0.1) is 5.92 Å². The molecule has 0 aromatic carbocycles. The van der Waals surface area contributed by atoms with Crippen LogP contribution in [0.1, 0.15) is 31.7 Å². The molecule has 0 spiro atoms. The zero-order chi connectivity index (χ0) is 11.5. The summed E-state index contributed by atoms with van der Waals surface area (Å²) in [5.74, 6) is 0.0142. The van der Waals surface area contributed by atoms with E-state index in [1.165, 1.54) is 7.11 Å². The highest BCUT2D eigenvalue weighted by molar-refractivity contribution is 9.10. The van der Waals surface area contributed by atoms with Crippen molar-refractivity contribution in [2.24, 2.45) is 5.92 Å². The van der Waals surface area contributed by atoms with Gasteiger partial charge in [-0.2, -0.15) is 5.10 Å². The van der Waals surface area contributed by atoms with Crippen LogP contribution < -0.4 is 0 Å². The molecule has 16 heavy (non-hydrogen) atoms. The Kier molecular flexibility index (Phi) is 3.63. The first-order valence-corrected chi connectivity index (χ1v) is 6.27. The Balaban J connectivity index is 1.92. The number of hydrogen-bond acceptors (Lipinski definition) is 3. The molecule has 1 fully saturated rings. The summed E-state index contributed by atoms with van der Waals surface area (Å²) in [6.45, 7) is 0. The summed E-state index contributed by atoms with van der Waals surface area (Å²) in [7, 11) is 1.46. The molecule has 1 aromatic heterocycles. The van der Waals surface area contributed by atoms with Gasteiger partial charge >= 0.3 is 5.97 Å². The topological polar surface area (TPSA) is 44.1 Å². The average molecular weight is 287 g/mol. The fourth-order valence-electron chi connectivity index (χ4n) is 2.26. The molecular weight excluding hydrogens is 272 g/mol. The first kappa shape index (κ1) is 11.6. The Hall–Kier alpha value is -0.840. The van der Waals surface area contributed by atoms with E-state index in [2.05, 4.69) is 21.0 Å². The minimum Gasteiger partial charge on any atom is -0.469 e. The zero-order valence-corrected chi connectivity index (χ0v) is 10.8. The van der Waals surface area contributed by atoms with E-state index < -0.39 is 0 Å². The van der Waals surface area contributed by atoms with Crippen LogP contribution in [-0.4, -0.2) is 22.9 Å². The van der Waals surface area contributed by atoms with Crippen molar-refractivity contribution in [3.63, 3.8) is 0 Å². The van der Waals surface area contributed by atoms with Crippen LogP contribution in [0.2, 0.25) is 0 Å². The minimum atomic E-state index is -0.0694. The molecule has 2 rings (SSSR count). The Labute approximate surface area is 103 Å². The highest BCUT2D eigenvalue weighted by Crippen LogP contribution is 2.32. The molecule has 88 valence electrons. The first-order valence-electron chi connectivity index (χ1n) is 5.48. The summed E-state index contributed by atoms with van der Waals surface area (Å²) < 4.78 is 7.75. The summed E-state index contributed by atoms with van der Waals surface area (Å²) in [4.78, 5) is 11.4. The van der Waals surface area contributed by atoms with Crippen molar-refractivity contribution in [2.75, 3.05) is 7.11 Å². The molecule has 1 saturated carbocycles. The van der Waals surface area contributed by atoms with Crippen molar-refractivity contribution in [1.29, 1.82) is 0 Å². The number of nitrogens with zero attached hydrogens (tertiary/aromatic N) is 2. The highest BCUT2D eigenvalue weighted by atomic mass is 79.9. The molecule has 1 aliphatic rings. The number of carbonyl (C=O) groups excluding carboxylic acids is 1. The normalized spacial score (nSPS) is 25.4. The van der Waals surface area contributed by atoms with Crippen LogP contribution in [0.15, 0.2) is 16.9 Å². The molecule has 1 aliphatic carbocycles. The van der Waals surface area contributed by atoms with E-state index in [-0.39, 0.29) is 11.9 Å². The van der Waals surface area contributed by atoms with Crippen molar-refractivity contribution in [3.05, 3.63) is 16.9 Å². The van der Waals surface area contributed by atoms with Crippen LogP contribution in [0.25, 0.3) is 0 Å². The number of carbonyl (C=O) groups is 1. The average Bonchev–Trinajstić information content (AvgIpc) is 2.75. The maximum absolute atomic E-state index is 11.4. The van der Waals surface area contributed by atoms with E-state index in [1.54, 1.807) is 6.20 Å². The summed E-state index contributed by atoms with van der Waals surface area (Å²) >= 11 is 3.39. The Morgan fingerprint density at radius 1 is 1.50 bits per heavy atom. The molecule has 5 heteroatoms. The standard InChI is InChI=1S/C11H15BrN2O2/c1-16-11(15)8-2-4-10(5-3-8)14-7-9(12)6-13-14/h6-8,10H,2-5H2,1H3. The smallest absolute Gasteiger partial charge is 0.308 e. The monoisotopic (exact) mass is 286 g/mol. The predicted octanol–water partition coefficient (Wildman–Crippen LogP) is 2.55. The lowest BCUT2D eigenvalue weighted by Crippen LogP contribution is -2.24. The second-order valence-corrected chi connectivity index (χ2v) is 5.08. The van der Waals surface area contributed by atoms with E-state index >= 15 is 0 Å². The zero-order valence-electron chi connectivity index (χ0n) is 9.23. The first-order chi connectivity index (χ1) is 7.70. The van der Waals surface area contributed by atoms with Crippen molar-refractivity contribution >= 4 is 21.9 Å². The van der Waals surface area contributed by atoms with E-state index in [0.717, 1.165) is 30.2 Å². The van der Waals surface area contributed by atoms with Gasteiger partial charge < -0.3 is 4.74 Å². The van der Waals surface area contributed by atoms with Crippen LogP contribution in [0.4, 0.5) is 0 Å². The molecule has 0 bridgehead atoms. The number of aromatic nitrogens is 2. The maximum Gasteiger partial charge on any atom is 0.308 e. The summed E-state index contributed by atoms with van der Waals surface area (Å²) in [5.41, 5.74) is 0. The Morgan fingerprint density at radius 3 is 2.69 bits per heavy atom. The molecule has 4 nitrogen and oxygen atoms in total.